The van der Waals surface area contributed by atoms with Gasteiger partial charge in [0.1, 0.15) is 6.33 Å². The molecule has 4 heteroatoms. The molecule has 0 saturated heterocycles. The van der Waals surface area contributed by atoms with E-state index in [1.807, 2.05) is 13.0 Å². The highest BCUT2D eigenvalue weighted by Crippen LogP contribution is 2.18. The maximum atomic E-state index is 11.6. The van der Waals surface area contributed by atoms with Crippen LogP contribution in [-0.4, -0.2) is 22.9 Å². The normalized spacial score (nSPS) is 10.3. The fraction of sp³-hybridized carbons (Fsp3) is 0.182. The minimum Gasteiger partial charge on any atom is -0.355 e. The first-order valence-electron chi connectivity index (χ1n) is 4.65. The molecule has 0 saturated carbocycles. The zero-order chi connectivity index (χ0) is 10.8. The lowest BCUT2D eigenvalue weighted by Crippen LogP contribution is -2.18. The Kier molecular flexibility index (Phi) is 2.33. The number of hydrogen-bond acceptors (Lipinski definition) is 3. The van der Waals surface area contributed by atoms with E-state index in [0.29, 0.717) is 11.1 Å². The Morgan fingerprint density at radius 1 is 1.40 bits per heavy atom. The molecule has 1 aromatic carbocycles. The second-order valence-corrected chi connectivity index (χ2v) is 3.29. The maximum Gasteiger partial charge on any atom is 0.253 e. The monoisotopic (exact) mass is 201 g/mol. The largest absolute Gasteiger partial charge is 0.355 e. The summed E-state index contributed by atoms with van der Waals surface area (Å²) in [7, 11) is 1.61. The summed E-state index contributed by atoms with van der Waals surface area (Å²) in [4.78, 5) is 19.7. The molecule has 2 rings (SSSR count). The van der Waals surface area contributed by atoms with Crippen molar-refractivity contribution in [3.63, 3.8) is 0 Å². The van der Waals surface area contributed by atoms with Crippen molar-refractivity contribution in [2.75, 3.05) is 7.05 Å². The quantitative estimate of drug-likeness (QED) is 0.756. The van der Waals surface area contributed by atoms with E-state index in [-0.39, 0.29) is 5.91 Å². The van der Waals surface area contributed by atoms with Gasteiger partial charge in [0.05, 0.1) is 11.1 Å². The van der Waals surface area contributed by atoms with Crippen molar-refractivity contribution in [3.8, 4) is 0 Å². The number of aryl methyl sites for hydroxylation is 1. The molecular weight excluding hydrogens is 190 g/mol. The van der Waals surface area contributed by atoms with E-state index in [1.54, 1.807) is 19.3 Å². The van der Waals surface area contributed by atoms with Crippen LogP contribution in [0.1, 0.15) is 15.9 Å². The van der Waals surface area contributed by atoms with E-state index in [1.165, 1.54) is 6.33 Å². The van der Waals surface area contributed by atoms with Crippen LogP contribution in [0.3, 0.4) is 0 Å². The van der Waals surface area contributed by atoms with E-state index >= 15 is 0 Å². The van der Waals surface area contributed by atoms with Gasteiger partial charge in [-0.3, -0.25) is 4.79 Å². The standard InChI is InChI=1S/C11H11N3O/c1-7-3-4-8(11(15)12-2)10-9(7)5-13-6-14-10/h3-6H,1-2H3,(H,12,15). The number of fused-ring (bicyclic) bond motifs is 1. The van der Waals surface area contributed by atoms with Crippen LogP contribution in [0.2, 0.25) is 0 Å². The van der Waals surface area contributed by atoms with Gasteiger partial charge in [0.2, 0.25) is 0 Å². The highest BCUT2D eigenvalue weighted by Gasteiger charge is 2.10. The number of carbonyl (C=O) groups is 1. The number of benzene rings is 1. The molecule has 0 aliphatic rings. The Bertz CT molecular complexity index is 522. The molecule has 1 amide bonds. The molecule has 0 atom stereocenters. The van der Waals surface area contributed by atoms with Gasteiger partial charge < -0.3 is 5.32 Å². The summed E-state index contributed by atoms with van der Waals surface area (Å²) in [5.41, 5.74) is 2.35. The summed E-state index contributed by atoms with van der Waals surface area (Å²) >= 11 is 0. The molecule has 0 spiro atoms. The van der Waals surface area contributed by atoms with Crippen molar-refractivity contribution < 1.29 is 4.79 Å². The van der Waals surface area contributed by atoms with Crippen molar-refractivity contribution in [1.29, 1.82) is 0 Å². The first kappa shape index (κ1) is 9.58. The van der Waals surface area contributed by atoms with Crippen LogP contribution in [0.5, 0.6) is 0 Å². The molecule has 76 valence electrons. The molecule has 2 aromatic rings. The molecule has 15 heavy (non-hydrogen) atoms. The number of carbonyl (C=O) groups excluding carboxylic acids is 1. The highest BCUT2D eigenvalue weighted by atomic mass is 16.1. The maximum absolute atomic E-state index is 11.6. The van der Waals surface area contributed by atoms with Gasteiger partial charge in [0.15, 0.2) is 0 Å². The minimum absolute atomic E-state index is 0.126. The lowest BCUT2D eigenvalue weighted by molar-refractivity contribution is 0.0964. The second-order valence-electron chi connectivity index (χ2n) is 3.29. The average Bonchev–Trinajstić information content (AvgIpc) is 2.29. The molecule has 0 radical (unpaired) electrons. The summed E-state index contributed by atoms with van der Waals surface area (Å²) < 4.78 is 0. The zero-order valence-corrected chi connectivity index (χ0v) is 8.61. The third kappa shape index (κ3) is 1.54. The molecule has 1 heterocycles. The lowest BCUT2D eigenvalue weighted by Gasteiger charge is -2.05. The number of hydrogen-bond donors (Lipinski definition) is 1. The number of amides is 1. The molecular formula is C11H11N3O. The number of rotatable bonds is 1. The van der Waals surface area contributed by atoms with Crippen LogP contribution in [-0.2, 0) is 0 Å². The summed E-state index contributed by atoms with van der Waals surface area (Å²) in [6.45, 7) is 1.97. The SMILES string of the molecule is CNC(=O)c1ccc(C)c2cncnc12. The van der Waals surface area contributed by atoms with Crippen LogP contribution < -0.4 is 5.32 Å². The first-order chi connectivity index (χ1) is 7.24. The molecule has 0 bridgehead atoms. The van der Waals surface area contributed by atoms with Gasteiger partial charge in [-0.1, -0.05) is 6.07 Å². The summed E-state index contributed by atoms with van der Waals surface area (Å²) in [5, 5.41) is 3.51. The van der Waals surface area contributed by atoms with Crippen molar-refractivity contribution in [2.24, 2.45) is 0 Å². The second kappa shape index (κ2) is 3.65. The Balaban J connectivity index is 2.77. The van der Waals surface area contributed by atoms with Gasteiger partial charge in [-0.15, -0.1) is 0 Å². The van der Waals surface area contributed by atoms with Gasteiger partial charge in [0.25, 0.3) is 5.91 Å². The summed E-state index contributed by atoms with van der Waals surface area (Å²) in [6.07, 6.45) is 3.18. The molecule has 1 N–H and O–H groups in total. The summed E-state index contributed by atoms with van der Waals surface area (Å²) in [5.74, 6) is -0.126. The van der Waals surface area contributed by atoms with Gasteiger partial charge in [-0.25, -0.2) is 9.97 Å². The smallest absolute Gasteiger partial charge is 0.253 e. The average molecular weight is 201 g/mol. The highest BCUT2D eigenvalue weighted by molar-refractivity contribution is 6.05. The zero-order valence-electron chi connectivity index (χ0n) is 8.61. The molecule has 0 unspecified atom stereocenters. The van der Waals surface area contributed by atoms with Crippen molar-refractivity contribution in [2.45, 2.75) is 6.92 Å². The molecule has 0 aliphatic carbocycles. The van der Waals surface area contributed by atoms with Crippen LogP contribution in [0.25, 0.3) is 10.9 Å². The molecule has 1 aromatic heterocycles. The topological polar surface area (TPSA) is 54.9 Å². The first-order valence-corrected chi connectivity index (χ1v) is 4.65. The minimum atomic E-state index is -0.126. The predicted molar refractivity (Wildman–Crippen MR) is 57.7 cm³/mol. The van der Waals surface area contributed by atoms with Gasteiger partial charge in [-0.2, -0.15) is 0 Å². The van der Waals surface area contributed by atoms with Crippen molar-refractivity contribution in [3.05, 3.63) is 35.8 Å². The Labute approximate surface area is 87.4 Å². The Morgan fingerprint density at radius 2 is 2.20 bits per heavy atom. The Hall–Kier alpha value is -1.97. The molecule has 4 nitrogen and oxygen atoms in total. The summed E-state index contributed by atoms with van der Waals surface area (Å²) in [6, 6.07) is 3.68. The predicted octanol–water partition coefficient (Wildman–Crippen LogP) is 1.30. The third-order valence-electron chi connectivity index (χ3n) is 2.36. The van der Waals surface area contributed by atoms with Crippen molar-refractivity contribution in [1.82, 2.24) is 15.3 Å². The van der Waals surface area contributed by atoms with Crippen molar-refractivity contribution >= 4 is 16.8 Å². The molecule has 0 aliphatic heterocycles. The van der Waals surface area contributed by atoms with Gasteiger partial charge in [-0.05, 0) is 18.6 Å². The number of nitrogens with zero attached hydrogens (tertiary/aromatic N) is 2. The van der Waals surface area contributed by atoms with E-state index in [9.17, 15) is 4.79 Å². The molecule has 0 fully saturated rings. The fourth-order valence-electron chi connectivity index (χ4n) is 1.53. The number of nitrogens with one attached hydrogen (secondary N) is 1. The lowest BCUT2D eigenvalue weighted by atomic mass is 10.1. The fourth-order valence-corrected chi connectivity index (χ4v) is 1.53. The van der Waals surface area contributed by atoms with Gasteiger partial charge >= 0.3 is 0 Å². The van der Waals surface area contributed by atoms with Gasteiger partial charge in [0, 0.05) is 18.6 Å². The van der Waals surface area contributed by atoms with Crippen LogP contribution >= 0.6 is 0 Å². The Morgan fingerprint density at radius 3 is 2.93 bits per heavy atom. The van der Waals surface area contributed by atoms with E-state index in [2.05, 4.69) is 15.3 Å². The van der Waals surface area contributed by atoms with E-state index in [4.69, 9.17) is 0 Å². The van der Waals surface area contributed by atoms with E-state index in [0.717, 1.165) is 10.9 Å². The third-order valence-corrected chi connectivity index (χ3v) is 2.36. The van der Waals surface area contributed by atoms with Crippen LogP contribution in [0.4, 0.5) is 0 Å². The van der Waals surface area contributed by atoms with Crippen LogP contribution in [0.15, 0.2) is 24.7 Å². The van der Waals surface area contributed by atoms with Crippen LogP contribution in [0, 0.1) is 6.92 Å². The van der Waals surface area contributed by atoms with E-state index < -0.39 is 0 Å². The number of aromatic nitrogens is 2.